The molecule has 3 rings (SSSR count). The van der Waals surface area contributed by atoms with Crippen LogP contribution in [0, 0.1) is 6.92 Å². The number of likely N-dealkylation sites (N-methyl/N-ethyl adjacent to an activating group) is 1. The van der Waals surface area contributed by atoms with Gasteiger partial charge in [-0.3, -0.25) is 14.4 Å². The summed E-state index contributed by atoms with van der Waals surface area (Å²) < 4.78 is 7.36. The van der Waals surface area contributed by atoms with Crippen molar-refractivity contribution in [3.05, 3.63) is 29.5 Å². The van der Waals surface area contributed by atoms with Crippen LogP contribution in [0.25, 0.3) is 10.9 Å². The van der Waals surface area contributed by atoms with Crippen molar-refractivity contribution in [3.63, 3.8) is 0 Å². The van der Waals surface area contributed by atoms with Crippen LogP contribution in [-0.2, 0) is 22.1 Å². The number of fused-ring (bicyclic) bond motifs is 1. The van der Waals surface area contributed by atoms with Crippen LogP contribution in [0.4, 0.5) is 4.79 Å². The highest BCUT2D eigenvalue weighted by Gasteiger charge is 2.37. The van der Waals surface area contributed by atoms with Crippen molar-refractivity contribution in [1.82, 2.24) is 24.9 Å². The monoisotopic (exact) mass is 429 g/mol. The lowest BCUT2D eigenvalue weighted by atomic mass is 9.95. The zero-order valence-electron chi connectivity index (χ0n) is 19.9. The van der Waals surface area contributed by atoms with Gasteiger partial charge in [-0.2, -0.15) is 5.10 Å². The van der Waals surface area contributed by atoms with Crippen LogP contribution in [0.1, 0.15) is 45.9 Å². The molecule has 1 aromatic carbocycles. The second kappa shape index (κ2) is 8.15. The molecule has 1 aliphatic rings. The molecule has 0 bridgehead atoms. The van der Waals surface area contributed by atoms with Gasteiger partial charge in [0.2, 0.25) is 5.91 Å². The Morgan fingerprint density at radius 1 is 1.13 bits per heavy atom. The maximum Gasteiger partial charge on any atom is 0.410 e. The van der Waals surface area contributed by atoms with Gasteiger partial charge in [-0.25, -0.2) is 4.79 Å². The molecule has 0 unspecified atom stereocenters. The van der Waals surface area contributed by atoms with Gasteiger partial charge in [0.25, 0.3) is 0 Å². The Balaban J connectivity index is 1.79. The summed E-state index contributed by atoms with van der Waals surface area (Å²) in [7, 11) is 3.83. The summed E-state index contributed by atoms with van der Waals surface area (Å²) in [5.41, 5.74) is 1.77. The quantitative estimate of drug-likeness (QED) is 0.812. The van der Waals surface area contributed by atoms with E-state index in [2.05, 4.69) is 18.3 Å². The first-order valence-corrected chi connectivity index (χ1v) is 10.7. The van der Waals surface area contributed by atoms with Crippen LogP contribution in [0.5, 0.6) is 0 Å². The summed E-state index contributed by atoms with van der Waals surface area (Å²) in [4.78, 5) is 29.4. The van der Waals surface area contributed by atoms with Gasteiger partial charge < -0.3 is 15.0 Å². The zero-order valence-corrected chi connectivity index (χ0v) is 19.9. The molecule has 1 aliphatic heterocycles. The van der Waals surface area contributed by atoms with Crippen molar-refractivity contribution < 1.29 is 14.3 Å². The number of benzene rings is 1. The number of aromatic nitrogens is 2. The Morgan fingerprint density at radius 3 is 2.45 bits per heavy atom. The lowest BCUT2D eigenvalue weighted by molar-refractivity contribution is -0.129. The van der Waals surface area contributed by atoms with E-state index in [-0.39, 0.29) is 18.5 Å². The van der Waals surface area contributed by atoms with E-state index in [0.717, 1.165) is 22.2 Å². The predicted molar refractivity (Wildman–Crippen MR) is 121 cm³/mol. The van der Waals surface area contributed by atoms with E-state index in [1.807, 2.05) is 70.4 Å². The first-order chi connectivity index (χ1) is 14.3. The second-order valence-electron chi connectivity index (χ2n) is 9.98. The highest BCUT2D eigenvalue weighted by molar-refractivity contribution is 5.88. The van der Waals surface area contributed by atoms with Crippen molar-refractivity contribution in [3.8, 4) is 0 Å². The standard InChI is InChI=1S/C23H35N5O3/c1-15-10-9-11-16-18(15)27(8)25-19(16)23(5,6)24-20(29)17-14-28(13-12-26(17)7)21(30)31-22(2,3)4/h9-11,17H,12-14H2,1-8H3,(H,24,29)/t17-/m0/s1. The number of nitrogens with one attached hydrogen (secondary N) is 1. The van der Waals surface area contributed by atoms with Crippen molar-refractivity contribution in [1.29, 1.82) is 0 Å². The molecule has 170 valence electrons. The van der Waals surface area contributed by atoms with Crippen LogP contribution in [0.15, 0.2) is 18.2 Å². The maximum absolute atomic E-state index is 13.3. The summed E-state index contributed by atoms with van der Waals surface area (Å²) in [6, 6.07) is 5.64. The third-order valence-electron chi connectivity index (χ3n) is 5.70. The summed E-state index contributed by atoms with van der Waals surface area (Å²) in [6.45, 7) is 12.9. The number of hydrogen-bond donors (Lipinski definition) is 1. The smallest absolute Gasteiger partial charge is 0.410 e. The average molecular weight is 430 g/mol. The van der Waals surface area contributed by atoms with Gasteiger partial charge >= 0.3 is 6.09 Å². The molecule has 2 heterocycles. The number of hydrogen-bond acceptors (Lipinski definition) is 5. The fourth-order valence-electron chi connectivity index (χ4n) is 4.09. The summed E-state index contributed by atoms with van der Waals surface area (Å²) in [5, 5.41) is 8.92. The minimum absolute atomic E-state index is 0.132. The number of ether oxygens (including phenoxy) is 1. The molecule has 1 atom stereocenters. The number of rotatable bonds is 3. The first kappa shape index (κ1) is 23.1. The van der Waals surface area contributed by atoms with Crippen molar-refractivity contribution >= 4 is 22.9 Å². The van der Waals surface area contributed by atoms with Crippen LogP contribution < -0.4 is 5.32 Å². The summed E-state index contributed by atoms with van der Waals surface area (Å²) in [6.07, 6.45) is -0.385. The van der Waals surface area contributed by atoms with Gasteiger partial charge in [0.1, 0.15) is 11.6 Å². The second-order valence-corrected chi connectivity index (χ2v) is 9.98. The molecule has 1 saturated heterocycles. The normalized spacial score (nSPS) is 18.3. The van der Waals surface area contributed by atoms with E-state index < -0.39 is 17.2 Å². The molecule has 0 radical (unpaired) electrons. The Bertz CT molecular complexity index is 989. The molecular formula is C23H35N5O3. The highest BCUT2D eigenvalue weighted by atomic mass is 16.6. The van der Waals surface area contributed by atoms with Gasteiger partial charge in [0.15, 0.2) is 0 Å². The number of carbonyl (C=O) groups excluding carboxylic acids is 2. The highest BCUT2D eigenvalue weighted by Crippen LogP contribution is 2.29. The number of amides is 2. The van der Waals surface area contributed by atoms with Crippen molar-refractivity contribution in [2.24, 2.45) is 7.05 Å². The largest absolute Gasteiger partial charge is 0.444 e. The van der Waals surface area contributed by atoms with Gasteiger partial charge in [0, 0.05) is 32.1 Å². The molecule has 8 heteroatoms. The summed E-state index contributed by atoms with van der Waals surface area (Å²) in [5.74, 6) is -0.132. The molecule has 2 amide bonds. The fraction of sp³-hybridized carbons (Fsp3) is 0.609. The SMILES string of the molecule is Cc1cccc2c(C(C)(C)NC(=O)[C@@H]3CN(C(=O)OC(C)(C)C)CCN3C)nn(C)c12. The summed E-state index contributed by atoms with van der Waals surface area (Å²) >= 11 is 0. The Hall–Kier alpha value is -2.61. The van der Waals surface area contributed by atoms with E-state index >= 15 is 0 Å². The molecule has 8 nitrogen and oxygen atoms in total. The minimum atomic E-state index is -0.681. The molecule has 2 aromatic rings. The minimum Gasteiger partial charge on any atom is -0.444 e. The van der Waals surface area contributed by atoms with Crippen molar-refractivity contribution in [2.45, 2.75) is 58.7 Å². The molecule has 0 aliphatic carbocycles. The zero-order chi connectivity index (χ0) is 23.1. The molecule has 1 N–H and O–H groups in total. The Kier molecular flexibility index (Phi) is 6.06. The number of carbonyl (C=O) groups is 2. The average Bonchev–Trinajstić information content (AvgIpc) is 2.99. The number of aryl methyl sites for hydroxylation is 2. The Labute approximate surface area is 184 Å². The van der Waals surface area contributed by atoms with Crippen LogP contribution in [0.3, 0.4) is 0 Å². The van der Waals surface area contributed by atoms with Gasteiger partial charge in [0.05, 0.1) is 16.7 Å². The first-order valence-electron chi connectivity index (χ1n) is 10.7. The number of para-hydroxylation sites is 1. The van der Waals surface area contributed by atoms with E-state index in [1.165, 1.54) is 0 Å². The maximum atomic E-state index is 13.3. The number of nitrogens with zero attached hydrogens (tertiary/aromatic N) is 4. The van der Waals surface area contributed by atoms with Crippen LogP contribution in [-0.4, -0.2) is 69.9 Å². The lowest BCUT2D eigenvalue weighted by Gasteiger charge is -2.40. The fourth-order valence-corrected chi connectivity index (χ4v) is 4.09. The lowest BCUT2D eigenvalue weighted by Crippen LogP contribution is -2.61. The molecule has 0 spiro atoms. The molecule has 31 heavy (non-hydrogen) atoms. The van der Waals surface area contributed by atoms with Crippen LogP contribution in [0.2, 0.25) is 0 Å². The Morgan fingerprint density at radius 2 is 1.81 bits per heavy atom. The van der Waals surface area contributed by atoms with Crippen LogP contribution >= 0.6 is 0 Å². The number of piperazine rings is 1. The third-order valence-corrected chi connectivity index (χ3v) is 5.70. The van der Waals surface area contributed by atoms with E-state index in [9.17, 15) is 9.59 Å². The van der Waals surface area contributed by atoms with E-state index in [1.54, 1.807) is 4.90 Å². The molecule has 0 saturated carbocycles. The molecule has 1 fully saturated rings. The van der Waals surface area contributed by atoms with Crippen molar-refractivity contribution in [2.75, 3.05) is 26.7 Å². The molecule has 1 aromatic heterocycles. The third kappa shape index (κ3) is 4.84. The topological polar surface area (TPSA) is 79.7 Å². The van der Waals surface area contributed by atoms with E-state index in [4.69, 9.17) is 9.84 Å². The van der Waals surface area contributed by atoms with Gasteiger partial charge in [-0.05, 0) is 54.2 Å². The van der Waals surface area contributed by atoms with E-state index in [0.29, 0.717) is 13.1 Å². The molecular weight excluding hydrogens is 394 g/mol. The van der Waals surface area contributed by atoms with Gasteiger partial charge in [-0.1, -0.05) is 18.2 Å². The predicted octanol–water partition coefficient (Wildman–Crippen LogP) is 2.78. The van der Waals surface area contributed by atoms with Gasteiger partial charge in [-0.15, -0.1) is 0 Å².